The molecule has 1 saturated carbocycles. The van der Waals surface area contributed by atoms with Gasteiger partial charge in [-0.1, -0.05) is 0 Å². The molecule has 3 nitrogen and oxygen atoms in total. The molecule has 1 aliphatic carbocycles. The molecule has 0 radical (unpaired) electrons. The average Bonchev–Trinajstić information content (AvgIpc) is 2.88. The van der Waals surface area contributed by atoms with Crippen molar-refractivity contribution in [1.29, 1.82) is 0 Å². The van der Waals surface area contributed by atoms with E-state index in [2.05, 4.69) is 20.9 Å². The zero-order valence-corrected chi connectivity index (χ0v) is 9.90. The Kier molecular flexibility index (Phi) is 2.88. The number of hydrogen-bond donors (Lipinski definition) is 1. The van der Waals surface area contributed by atoms with Gasteiger partial charge in [0.05, 0.1) is 11.4 Å². The van der Waals surface area contributed by atoms with Crippen LogP contribution in [0.3, 0.4) is 0 Å². The third kappa shape index (κ3) is 2.33. The van der Waals surface area contributed by atoms with Gasteiger partial charge in [-0.05, 0) is 34.7 Å². The first-order valence-corrected chi connectivity index (χ1v) is 6.14. The fourth-order valence-electron chi connectivity index (χ4n) is 1.27. The summed E-state index contributed by atoms with van der Waals surface area (Å²) >= 11 is 5.07. The molecule has 0 atom stereocenters. The van der Waals surface area contributed by atoms with Gasteiger partial charge in [0, 0.05) is 11.3 Å². The standard InChI is InChI=1S/C9H10BrNO2S/c10-9-8(5-1-2-5)14-6(11-9)3-4-7(12)13/h5H,1-4H2,(H,12,13). The Bertz CT molecular complexity index is 360. The first kappa shape index (κ1) is 10.1. The number of halogens is 1. The number of carbonyl (C=O) groups is 1. The third-order valence-electron chi connectivity index (χ3n) is 2.15. The maximum Gasteiger partial charge on any atom is 0.303 e. The SMILES string of the molecule is O=C(O)CCc1nc(Br)c(C2CC2)s1. The smallest absolute Gasteiger partial charge is 0.303 e. The van der Waals surface area contributed by atoms with E-state index in [1.54, 1.807) is 11.3 Å². The largest absolute Gasteiger partial charge is 0.481 e. The normalized spacial score (nSPS) is 15.8. The van der Waals surface area contributed by atoms with E-state index in [0.29, 0.717) is 12.3 Å². The van der Waals surface area contributed by atoms with Crippen molar-refractivity contribution in [3.05, 3.63) is 14.5 Å². The molecule has 0 spiro atoms. The van der Waals surface area contributed by atoms with Gasteiger partial charge in [0.15, 0.2) is 0 Å². The van der Waals surface area contributed by atoms with Gasteiger partial charge in [-0.2, -0.15) is 0 Å². The van der Waals surface area contributed by atoms with Crippen LogP contribution >= 0.6 is 27.3 Å². The van der Waals surface area contributed by atoms with Crippen LogP contribution in [0.2, 0.25) is 0 Å². The number of thiazole rings is 1. The lowest BCUT2D eigenvalue weighted by Gasteiger charge is -1.89. The highest BCUT2D eigenvalue weighted by Crippen LogP contribution is 2.46. The van der Waals surface area contributed by atoms with E-state index >= 15 is 0 Å². The zero-order chi connectivity index (χ0) is 10.1. The Balaban J connectivity index is 2.04. The van der Waals surface area contributed by atoms with E-state index in [0.717, 1.165) is 9.61 Å². The fourth-order valence-corrected chi connectivity index (χ4v) is 3.30. The summed E-state index contributed by atoms with van der Waals surface area (Å²) < 4.78 is 0.922. The molecule has 0 unspecified atom stereocenters. The minimum absolute atomic E-state index is 0.171. The van der Waals surface area contributed by atoms with Gasteiger partial charge in [-0.25, -0.2) is 4.98 Å². The van der Waals surface area contributed by atoms with Crippen molar-refractivity contribution >= 4 is 33.2 Å². The molecule has 1 N–H and O–H groups in total. The molecule has 0 saturated heterocycles. The lowest BCUT2D eigenvalue weighted by atomic mass is 10.3. The molecule has 76 valence electrons. The summed E-state index contributed by atoms with van der Waals surface area (Å²) in [5.41, 5.74) is 0. The molecule has 1 heterocycles. The van der Waals surface area contributed by atoms with E-state index in [4.69, 9.17) is 5.11 Å². The molecule has 1 aromatic rings. The quantitative estimate of drug-likeness (QED) is 0.920. The summed E-state index contributed by atoms with van der Waals surface area (Å²) in [5.74, 6) is -0.0789. The molecule has 1 aromatic heterocycles. The lowest BCUT2D eigenvalue weighted by molar-refractivity contribution is -0.136. The Morgan fingerprint density at radius 2 is 2.36 bits per heavy atom. The Hall–Kier alpha value is -0.420. The van der Waals surface area contributed by atoms with Gasteiger partial charge in [0.25, 0.3) is 0 Å². The molecule has 1 aliphatic rings. The van der Waals surface area contributed by atoms with Crippen LogP contribution in [0.1, 0.15) is 35.1 Å². The van der Waals surface area contributed by atoms with Crippen LogP contribution < -0.4 is 0 Å². The monoisotopic (exact) mass is 275 g/mol. The number of aliphatic carboxylic acids is 1. The topological polar surface area (TPSA) is 50.2 Å². The van der Waals surface area contributed by atoms with Gasteiger partial charge in [-0.15, -0.1) is 11.3 Å². The van der Waals surface area contributed by atoms with Crippen LogP contribution in [-0.2, 0) is 11.2 Å². The van der Waals surface area contributed by atoms with E-state index in [-0.39, 0.29) is 6.42 Å². The zero-order valence-electron chi connectivity index (χ0n) is 7.49. The fraction of sp³-hybridized carbons (Fsp3) is 0.556. The van der Waals surface area contributed by atoms with Crippen LogP contribution in [0.4, 0.5) is 0 Å². The highest BCUT2D eigenvalue weighted by atomic mass is 79.9. The van der Waals surface area contributed by atoms with Crippen molar-refractivity contribution in [2.45, 2.75) is 31.6 Å². The molecule has 0 aliphatic heterocycles. The maximum atomic E-state index is 10.4. The summed E-state index contributed by atoms with van der Waals surface area (Å²) in [6.07, 6.45) is 3.22. The minimum atomic E-state index is -0.760. The Labute approximate surface area is 94.3 Å². The van der Waals surface area contributed by atoms with E-state index in [9.17, 15) is 4.79 Å². The summed E-state index contributed by atoms with van der Waals surface area (Å²) in [5, 5.41) is 9.47. The molecule has 14 heavy (non-hydrogen) atoms. The molecular weight excluding hydrogens is 266 g/mol. The third-order valence-corrected chi connectivity index (χ3v) is 4.30. The molecule has 2 rings (SSSR count). The number of hydrogen-bond acceptors (Lipinski definition) is 3. The maximum absolute atomic E-state index is 10.4. The number of nitrogens with zero attached hydrogens (tertiary/aromatic N) is 1. The molecule has 0 amide bonds. The van der Waals surface area contributed by atoms with Crippen molar-refractivity contribution in [1.82, 2.24) is 4.98 Å². The van der Waals surface area contributed by atoms with E-state index in [1.165, 1.54) is 17.7 Å². The van der Waals surface area contributed by atoms with Crippen molar-refractivity contribution < 1.29 is 9.90 Å². The lowest BCUT2D eigenvalue weighted by Crippen LogP contribution is -1.96. The van der Waals surface area contributed by atoms with Gasteiger partial charge in [0.1, 0.15) is 4.60 Å². The van der Waals surface area contributed by atoms with Crippen molar-refractivity contribution in [3.8, 4) is 0 Å². The number of carboxylic acid groups (broad SMARTS) is 1. The van der Waals surface area contributed by atoms with Crippen LogP contribution in [0, 0.1) is 0 Å². The van der Waals surface area contributed by atoms with Gasteiger partial charge in [-0.3, -0.25) is 4.79 Å². The van der Waals surface area contributed by atoms with Crippen molar-refractivity contribution in [3.63, 3.8) is 0 Å². The molecular formula is C9H10BrNO2S. The van der Waals surface area contributed by atoms with E-state index < -0.39 is 5.97 Å². The van der Waals surface area contributed by atoms with E-state index in [1.807, 2.05) is 0 Å². The summed E-state index contributed by atoms with van der Waals surface area (Å²) in [6, 6.07) is 0. The Morgan fingerprint density at radius 1 is 1.64 bits per heavy atom. The van der Waals surface area contributed by atoms with Gasteiger partial charge >= 0.3 is 5.97 Å². The highest BCUT2D eigenvalue weighted by Gasteiger charge is 2.28. The highest BCUT2D eigenvalue weighted by molar-refractivity contribution is 9.10. The molecule has 0 aromatic carbocycles. The number of rotatable bonds is 4. The average molecular weight is 276 g/mol. The molecule has 5 heteroatoms. The minimum Gasteiger partial charge on any atom is -0.481 e. The first-order chi connectivity index (χ1) is 6.66. The summed E-state index contributed by atoms with van der Waals surface area (Å²) in [7, 11) is 0. The predicted octanol–water partition coefficient (Wildman–Crippen LogP) is 2.80. The predicted molar refractivity (Wildman–Crippen MR) is 57.7 cm³/mol. The second kappa shape index (κ2) is 3.98. The Morgan fingerprint density at radius 3 is 2.93 bits per heavy atom. The number of aryl methyl sites for hydroxylation is 1. The van der Waals surface area contributed by atoms with Gasteiger partial charge < -0.3 is 5.11 Å². The summed E-state index contributed by atoms with van der Waals surface area (Å²) in [6.45, 7) is 0. The number of aromatic nitrogens is 1. The van der Waals surface area contributed by atoms with Crippen LogP contribution in [0.25, 0.3) is 0 Å². The number of carboxylic acids is 1. The first-order valence-electron chi connectivity index (χ1n) is 4.53. The van der Waals surface area contributed by atoms with Crippen LogP contribution in [-0.4, -0.2) is 16.1 Å². The summed E-state index contributed by atoms with van der Waals surface area (Å²) in [4.78, 5) is 16.0. The second-order valence-electron chi connectivity index (χ2n) is 3.43. The van der Waals surface area contributed by atoms with Crippen molar-refractivity contribution in [2.24, 2.45) is 0 Å². The van der Waals surface area contributed by atoms with Gasteiger partial charge in [0.2, 0.25) is 0 Å². The van der Waals surface area contributed by atoms with Crippen LogP contribution in [0.5, 0.6) is 0 Å². The molecule has 0 bridgehead atoms. The van der Waals surface area contributed by atoms with Crippen molar-refractivity contribution in [2.75, 3.05) is 0 Å². The second-order valence-corrected chi connectivity index (χ2v) is 5.30. The molecule has 1 fully saturated rings. The van der Waals surface area contributed by atoms with Crippen LogP contribution in [0.15, 0.2) is 4.60 Å².